The van der Waals surface area contributed by atoms with Crippen LogP contribution in [0, 0.1) is 5.21 Å². The fourth-order valence-corrected chi connectivity index (χ4v) is 1.82. The predicted octanol–water partition coefficient (Wildman–Crippen LogP) is 1.17. The lowest BCUT2D eigenvalue weighted by Gasteiger charge is -2.04. The van der Waals surface area contributed by atoms with Gasteiger partial charge in [-0.15, -0.1) is 0 Å². The van der Waals surface area contributed by atoms with Crippen molar-refractivity contribution < 1.29 is 24.2 Å². The normalized spacial score (nSPS) is 10.8. The minimum absolute atomic E-state index is 0.192. The number of ether oxygens (including phenoxy) is 1. The molecule has 0 aliphatic heterocycles. The molecular formula is C13H16N2O5. The van der Waals surface area contributed by atoms with Crippen molar-refractivity contribution in [2.24, 2.45) is 0 Å². The first-order chi connectivity index (χ1) is 9.72. The number of hydrogen-bond acceptors (Lipinski definition) is 6. The smallest absolute Gasteiger partial charge is 0.338 e. The van der Waals surface area contributed by atoms with E-state index >= 15 is 0 Å². The summed E-state index contributed by atoms with van der Waals surface area (Å²) in [5, 5.41) is 23.3. The van der Waals surface area contributed by atoms with Gasteiger partial charge in [-0.05, 0) is 36.3 Å². The summed E-state index contributed by atoms with van der Waals surface area (Å²) in [5.74, 6) is -0.450. The van der Waals surface area contributed by atoms with Gasteiger partial charge in [0.25, 0.3) is 0 Å². The van der Waals surface area contributed by atoms with Crippen LogP contribution in [0.3, 0.4) is 0 Å². The van der Waals surface area contributed by atoms with Crippen LogP contribution in [0.2, 0.25) is 0 Å². The summed E-state index contributed by atoms with van der Waals surface area (Å²) >= 11 is 0. The molecule has 108 valence electrons. The van der Waals surface area contributed by atoms with Crippen LogP contribution < -0.4 is 4.90 Å². The van der Waals surface area contributed by atoms with Crippen LogP contribution in [0.5, 0.6) is 0 Å². The van der Waals surface area contributed by atoms with Gasteiger partial charge in [0.1, 0.15) is 0 Å². The highest BCUT2D eigenvalue weighted by atomic mass is 16.8. The number of carbonyl (C=O) groups is 1. The first-order valence-corrected chi connectivity index (χ1v) is 6.50. The van der Waals surface area contributed by atoms with E-state index in [1.165, 1.54) is 18.2 Å². The van der Waals surface area contributed by atoms with Gasteiger partial charge in [-0.2, -0.15) is 0 Å². The Hall–Kier alpha value is -2.15. The van der Waals surface area contributed by atoms with Crippen LogP contribution in [0.4, 0.5) is 0 Å². The number of fused-ring (bicyclic) bond motifs is 1. The maximum absolute atomic E-state index is 11.8. The highest BCUT2D eigenvalue weighted by Gasteiger charge is 2.14. The standard InChI is InChI=1S/C13H16N2O5/c16-7-3-1-2-4-8-19-13(17)10-5-6-12-11(9-10)14-20-15(12)18/h5-6,9,16H,1-4,7-8H2. The number of aliphatic hydroxyl groups excluding tert-OH is 1. The van der Waals surface area contributed by atoms with Gasteiger partial charge in [0.2, 0.25) is 11.0 Å². The Morgan fingerprint density at radius 2 is 2.15 bits per heavy atom. The van der Waals surface area contributed by atoms with Crippen LogP contribution in [-0.4, -0.2) is 29.4 Å². The molecule has 0 unspecified atom stereocenters. The Balaban J connectivity index is 1.84. The Morgan fingerprint density at radius 3 is 2.95 bits per heavy atom. The Morgan fingerprint density at radius 1 is 1.35 bits per heavy atom. The van der Waals surface area contributed by atoms with Crippen molar-refractivity contribution in [3.05, 3.63) is 29.0 Å². The van der Waals surface area contributed by atoms with Crippen LogP contribution in [0.1, 0.15) is 36.0 Å². The summed E-state index contributed by atoms with van der Waals surface area (Å²) in [6, 6.07) is 4.43. The second-order valence-electron chi connectivity index (χ2n) is 4.41. The molecular weight excluding hydrogens is 264 g/mol. The maximum Gasteiger partial charge on any atom is 0.338 e. The van der Waals surface area contributed by atoms with Crippen molar-refractivity contribution in [1.82, 2.24) is 5.16 Å². The molecule has 0 bridgehead atoms. The van der Waals surface area contributed by atoms with Gasteiger partial charge in [0, 0.05) is 17.8 Å². The van der Waals surface area contributed by atoms with Gasteiger partial charge < -0.3 is 15.1 Å². The molecule has 7 heteroatoms. The molecule has 0 amide bonds. The van der Waals surface area contributed by atoms with Crippen LogP contribution in [0.15, 0.2) is 22.8 Å². The number of nitrogens with zero attached hydrogens (tertiary/aromatic N) is 2. The van der Waals surface area contributed by atoms with E-state index in [0.717, 1.165) is 25.7 Å². The summed E-state index contributed by atoms with van der Waals surface area (Å²) in [6.07, 6.45) is 3.36. The zero-order valence-corrected chi connectivity index (χ0v) is 10.9. The van der Waals surface area contributed by atoms with Crippen molar-refractivity contribution in [3.8, 4) is 0 Å². The molecule has 1 N–H and O–H groups in total. The molecule has 0 spiro atoms. The Bertz CT molecular complexity index is 581. The molecule has 0 fully saturated rings. The minimum Gasteiger partial charge on any atom is -0.462 e. The molecule has 0 aliphatic rings. The number of carbonyl (C=O) groups excluding carboxylic acids is 1. The van der Waals surface area contributed by atoms with E-state index in [-0.39, 0.29) is 17.0 Å². The quantitative estimate of drug-likeness (QED) is 0.464. The van der Waals surface area contributed by atoms with Gasteiger partial charge >= 0.3 is 5.97 Å². The molecule has 1 heterocycles. The summed E-state index contributed by atoms with van der Waals surface area (Å²) in [7, 11) is 0. The fourth-order valence-electron chi connectivity index (χ4n) is 1.82. The molecule has 2 rings (SSSR count). The zero-order valence-electron chi connectivity index (χ0n) is 10.9. The van der Waals surface area contributed by atoms with E-state index in [1.807, 2.05) is 0 Å². The number of rotatable bonds is 7. The highest BCUT2D eigenvalue weighted by molar-refractivity contribution is 5.92. The minimum atomic E-state index is -0.450. The molecule has 0 radical (unpaired) electrons. The van der Waals surface area contributed by atoms with Crippen molar-refractivity contribution in [2.45, 2.75) is 25.7 Å². The summed E-state index contributed by atoms with van der Waals surface area (Å²) in [4.78, 5) is 12.1. The van der Waals surface area contributed by atoms with Gasteiger partial charge in [-0.1, -0.05) is 6.42 Å². The molecule has 20 heavy (non-hydrogen) atoms. The number of esters is 1. The number of hydrogen-bond donors (Lipinski definition) is 1. The third-order valence-electron chi connectivity index (χ3n) is 2.91. The van der Waals surface area contributed by atoms with E-state index in [1.54, 1.807) is 0 Å². The van der Waals surface area contributed by atoms with Crippen molar-refractivity contribution in [3.63, 3.8) is 0 Å². The lowest BCUT2D eigenvalue weighted by atomic mass is 10.2. The first-order valence-electron chi connectivity index (χ1n) is 6.50. The summed E-state index contributed by atoms with van der Waals surface area (Å²) in [6.45, 7) is 0.528. The molecule has 0 saturated heterocycles. The average Bonchev–Trinajstić information content (AvgIpc) is 2.83. The number of aliphatic hydroxyl groups is 1. The zero-order chi connectivity index (χ0) is 14.4. The summed E-state index contributed by atoms with van der Waals surface area (Å²) < 4.78 is 9.54. The van der Waals surface area contributed by atoms with Crippen LogP contribution in [-0.2, 0) is 4.74 Å². The number of unbranched alkanes of at least 4 members (excludes halogenated alkanes) is 3. The molecule has 0 aliphatic carbocycles. The topological polar surface area (TPSA) is 99.5 Å². The Kier molecular flexibility index (Phi) is 4.89. The molecule has 0 atom stereocenters. The molecule has 1 aromatic carbocycles. The maximum atomic E-state index is 11.8. The SMILES string of the molecule is O=C(OCCCCCCO)c1ccc2c(c1)no[n+]2[O-]. The largest absolute Gasteiger partial charge is 0.462 e. The van der Waals surface area contributed by atoms with Gasteiger partial charge in [0.05, 0.1) is 12.2 Å². The van der Waals surface area contributed by atoms with E-state index < -0.39 is 5.97 Å². The second-order valence-corrected chi connectivity index (χ2v) is 4.41. The van der Waals surface area contributed by atoms with Crippen LogP contribution >= 0.6 is 0 Å². The van der Waals surface area contributed by atoms with E-state index in [2.05, 4.69) is 9.79 Å². The monoisotopic (exact) mass is 280 g/mol. The number of aromatic nitrogens is 2. The van der Waals surface area contributed by atoms with Gasteiger partial charge in [-0.25, -0.2) is 4.79 Å². The average molecular weight is 280 g/mol. The van der Waals surface area contributed by atoms with Gasteiger partial charge in [0.15, 0.2) is 0 Å². The molecule has 2 aromatic rings. The first kappa shape index (κ1) is 14.3. The molecule has 1 aromatic heterocycles. The second kappa shape index (κ2) is 6.85. The lowest BCUT2D eigenvalue weighted by molar-refractivity contribution is -0.782. The molecule has 7 nitrogen and oxygen atoms in total. The van der Waals surface area contributed by atoms with E-state index in [4.69, 9.17) is 9.84 Å². The fraction of sp³-hybridized carbons (Fsp3) is 0.462. The third-order valence-corrected chi connectivity index (χ3v) is 2.91. The van der Waals surface area contributed by atoms with Crippen LogP contribution in [0.25, 0.3) is 11.0 Å². The number of benzene rings is 1. The lowest BCUT2D eigenvalue weighted by Crippen LogP contribution is -2.22. The Labute approximate surface area is 115 Å². The predicted molar refractivity (Wildman–Crippen MR) is 68.8 cm³/mol. The molecule has 0 saturated carbocycles. The van der Waals surface area contributed by atoms with E-state index in [0.29, 0.717) is 17.7 Å². The third kappa shape index (κ3) is 3.45. The van der Waals surface area contributed by atoms with Crippen molar-refractivity contribution in [2.75, 3.05) is 13.2 Å². The van der Waals surface area contributed by atoms with Gasteiger partial charge in [-0.3, -0.25) is 4.63 Å². The van der Waals surface area contributed by atoms with Crippen molar-refractivity contribution >= 4 is 17.0 Å². The highest BCUT2D eigenvalue weighted by Crippen LogP contribution is 2.12. The van der Waals surface area contributed by atoms with Crippen molar-refractivity contribution in [1.29, 1.82) is 0 Å². The van der Waals surface area contributed by atoms with E-state index in [9.17, 15) is 10.0 Å². The summed E-state index contributed by atoms with van der Waals surface area (Å²) in [5.41, 5.74) is 0.921.